The number of benzene rings is 2. The maximum absolute atomic E-state index is 12.2. The molecule has 24 heavy (non-hydrogen) atoms. The molecule has 0 aliphatic heterocycles. The minimum Gasteiger partial charge on any atom is -0.493 e. The lowest BCUT2D eigenvalue weighted by atomic mass is 10.1. The Morgan fingerprint density at radius 3 is 2.25 bits per heavy atom. The number of rotatable bonds is 7. The summed E-state index contributed by atoms with van der Waals surface area (Å²) in [6.07, 6.45) is 0.417. The Bertz CT molecular complexity index is 680. The van der Waals surface area contributed by atoms with Crippen LogP contribution in [-0.2, 0) is 11.2 Å². The Morgan fingerprint density at radius 2 is 1.67 bits per heavy atom. The molecule has 0 saturated heterocycles. The first kappa shape index (κ1) is 17.7. The molecule has 0 aliphatic carbocycles. The smallest absolute Gasteiger partial charge is 0.228 e. The zero-order valence-corrected chi connectivity index (χ0v) is 14.5. The van der Waals surface area contributed by atoms with Crippen molar-refractivity contribution in [1.29, 1.82) is 0 Å². The molecule has 0 aromatic heterocycles. The summed E-state index contributed by atoms with van der Waals surface area (Å²) in [5.41, 5.74) is 1.58. The highest BCUT2D eigenvalue weighted by atomic mass is 16.5. The van der Waals surface area contributed by atoms with Crippen LogP contribution in [0.15, 0.2) is 42.5 Å². The van der Waals surface area contributed by atoms with Crippen LogP contribution < -0.4 is 19.5 Å². The average Bonchev–Trinajstić information content (AvgIpc) is 2.56. The van der Waals surface area contributed by atoms with Gasteiger partial charge >= 0.3 is 0 Å². The highest BCUT2D eigenvalue weighted by molar-refractivity contribution is 5.92. The van der Waals surface area contributed by atoms with E-state index in [-0.39, 0.29) is 18.4 Å². The van der Waals surface area contributed by atoms with Crippen LogP contribution >= 0.6 is 0 Å². The van der Waals surface area contributed by atoms with Crippen molar-refractivity contribution in [2.24, 2.45) is 0 Å². The van der Waals surface area contributed by atoms with Gasteiger partial charge in [0, 0.05) is 11.8 Å². The van der Waals surface area contributed by atoms with E-state index >= 15 is 0 Å². The third-order valence-corrected chi connectivity index (χ3v) is 3.33. The lowest BCUT2D eigenvalue weighted by Crippen LogP contribution is -2.14. The largest absolute Gasteiger partial charge is 0.493 e. The Labute approximate surface area is 142 Å². The molecule has 0 atom stereocenters. The average molecular weight is 329 g/mol. The summed E-state index contributed by atoms with van der Waals surface area (Å²) in [4.78, 5) is 12.2. The normalized spacial score (nSPS) is 10.4. The van der Waals surface area contributed by atoms with E-state index in [0.29, 0.717) is 17.2 Å². The zero-order chi connectivity index (χ0) is 17.5. The second-order valence-corrected chi connectivity index (χ2v) is 5.61. The second kappa shape index (κ2) is 8.24. The first-order valence-corrected chi connectivity index (χ1v) is 7.79. The second-order valence-electron chi connectivity index (χ2n) is 5.61. The van der Waals surface area contributed by atoms with Crippen molar-refractivity contribution in [1.82, 2.24) is 0 Å². The first-order chi connectivity index (χ1) is 11.5. The van der Waals surface area contributed by atoms with Crippen LogP contribution in [0.2, 0.25) is 0 Å². The molecule has 0 heterocycles. The topological polar surface area (TPSA) is 56.8 Å². The molecule has 5 nitrogen and oxygen atoms in total. The van der Waals surface area contributed by atoms with E-state index in [0.717, 1.165) is 11.3 Å². The van der Waals surface area contributed by atoms with Gasteiger partial charge in [0.05, 0.1) is 26.7 Å². The maximum Gasteiger partial charge on any atom is 0.228 e. The number of methoxy groups -OCH3 is 2. The van der Waals surface area contributed by atoms with Gasteiger partial charge in [-0.15, -0.1) is 0 Å². The fourth-order valence-electron chi connectivity index (χ4n) is 2.26. The molecule has 0 spiro atoms. The standard InChI is InChI=1S/C19H23NO4/c1-13(2)24-16-8-5-14(6-9-16)11-19(21)20-15-7-10-17(22-3)18(12-15)23-4/h5-10,12-13H,11H2,1-4H3,(H,20,21). The highest BCUT2D eigenvalue weighted by Crippen LogP contribution is 2.29. The van der Waals surface area contributed by atoms with Gasteiger partial charge in [0.1, 0.15) is 5.75 Å². The Morgan fingerprint density at radius 1 is 1.00 bits per heavy atom. The predicted octanol–water partition coefficient (Wildman–Crippen LogP) is 3.67. The molecule has 1 N–H and O–H groups in total. The van der Waals surface area contributed by atoms with Crippen molar-refractivity contribution in [3.8, 4) is 17.2 Å². The third kappa shape index (κ3) is 4.91. The molecule has 2 aromatic carbocycles. The van der Waals surface area contributed by atoms with Gasteiger partial charge in [-0.05, 0) is 43.7 Å². The van der Waals surface area contributed by atoms with Gasteiger partial charge in [-0.25, -0.2) is 0 Å². The van der Waals surface area contributed by atoms with Crippen molar-refractivity contribution < 1.29 is 19.0 Å². The van der Waals surface area contributed by atoms with Gasteiger partial charge in [-0.1, -0.05) is 12.1 Å². The van der Waals surface area contributed by atoms with Gasteiger partial charge in [0.25, 0.3) is 0 Å². The number of hydrogen-bond acceptors (Lipinski definition) is 4. The van der Waals surface area contributed by atoms with Crippen LogP contribution in [0, 0.1) is 0 Å². The van der Waals surface area contributed by atoms with Crippen LogP contribution in [0.1, 0.15) is 19.4 Å². The first-order valence-electron chi connectivity index (χ1n) is 7.79. The van der Waals surface area contributed by atoms with Crippen LogP contribution in [-0.4, -0.2) is 26.2 Å². The van der Waals surface area contributed by atoms with Gasteiger partial charge in [-0.3, -0.25) is 4.79 Å². The van der Waals surface area contributed by atoms with Crippen LogP contribution in [0.5, 0.6) is 17.2 Å². The Balaban J connectivity index is 1.98. The molecule has 2 aromatic rings. The van der Waals surface area contributed by atoms with E-state index < -0.39 is 0 Å². The summed E-state index contributed by atoms with van der Waals surface area (Å²) >= 11 is 0. The minimum atomic E-state index is -0.0975. The van der Waals surface area contributed by atoms with Gasteiger partial charge in [-0.2, -0.15) is 0 Å². The van der Waals surface area contributed by atoms with Crippen molar-refractivity contribution in [3.63, 3.8) is 0 Å². The van der Waals surface area contributed by atoms with E-state index in [1.165, 1.54) is 0 Å². The summed E-state index contributed by atoms with van der Waals surface area (Å²) in [7, 11) is 3.13. The molecule has 0 radical (unpaired) electrons. The molecule has 5 heteroatoms. The van der Waals surface area contributed by atoms with Crippen molar-refractivity contribution >= 4 is 11.6 Å². The summed E-state index contributed by atoms with van der Waals surface area (Å²) in [5.74, 6) is 1.90. The monoisotopic (exact) mass is 329 g/mol. The van der Waals surface area contributed by atoms with E-state index in [4.69, 9.17) is 14.2 Å². The fraction of sp³-hybridized carbons (Fsp3) is 0.316. The number of hydrogen-bond donors (Lipinski definition) is 1. The number of amides is 1. The zero-order valence-electron chi connectivity index (χ0n) is 14.5. The summed E-state index contributed by atoms with van der Waals surface area (Å²) in [6, 6.07) is 12.8. The highest BCUT2D eigenvalue weighted by Gasteiger charge is 2.08. The SMILES string of the molecule is COc1ccc(NC(=O)Cc2ccc(OC(C)C)cc2)cc1OC. The lowest BCUT2D eigenvalue weighted by Gasteiger charge is -2.11. The lowest BCUT2D eigenvalue weighted by molar-refractivity contribution is -0.115. The molecular formula is C19H23NO4. The van der Waals surface area contributed by atoms with Gasteiger partial charge in [0.2, 0.25) is 5.91 Å². The van der Waals surface area contributed by atoms with E-state index in [9.17, 15) is 4.79 Å². The number of ether oxygens (including phenoxy) is 3. The molecule has 0 unspecified atom stereocenters. The minimum absolute atomic E-state index is 0.0975. The van der Waals surface area contributed by atoms with E-state index in [1.807, 2.05) is 38.1 Å². The predicted molar refractivity (Wildman–Crippen MR) is 94.1 cm³/mol. The summed E-state index contributed by atoms with van der Waals surface area (Å²) in [5, 5.41) is 2.86. The number of anilines is 1. The van der Waals surface area contributed by atoms with Crippen LogP contribution in [0.3, 0.4) is 0 Å². The molecule has 0 bridgehead atoms. The van der Waals surface area contributed by atoms with Crippen molar-refractivity contribution in [3.05, 3.63) is 48.0 Å². The number of nitrogens with one attached hydrogen (secondary N) is 1. The molecule has 0 fully saturated rings. The van der Waals surface area contributed by atoms with Crippen LogP contribution in [0.4, 0.5) is 5.69 Å². The van der Waals surface area contributed by atoms with E-state index in [2.05, 4.69) is 5.32 Å². The quantitative estimate of drug-likeness (QED) is 0.842. The van der Waals surface area contributed by atoms with Gasteiger partial charge < -0.3 is 19.5 Å². The molecule has 2 rings (SSSR count). The summed E-state index contributed by atoms with van der Waals surface area (Å²) < 4.78 is 16.0. The molecule has 128 valence electrons. The summed E-state index contributed by atoms with van der Waals surface area (Å²) in [6.45, 7) is 3.95. The Hall–Kier alpha value is -2.69. The van der Waals surface area contributed by atoms with Crippen LogP contribution in [0.25, 0.3) is 0 Å². The molecule has 0 saturated carbocycles. The molecular weight excluding hydrogens is 306 g/mol. The van der Waals surface area contributed by atoms with Crippen molar-refractivity contribution in [2.75, 3.05) is 19.5 Å². The fourth-order valence-corrected chi connectivity index (χ4v) is 2.26. The third-order valence-electron chi connectivity index (χ3n) is 3.33. The molecule has 0 aliphatic rings. The number of carbonyl (C=O) groups excluding carboxylic acids is 1. The molecule has 1 amide bonds. The maximum atomic E-state index is 12.2. The number of carbonyl (C=O) groups is 1. The van der Waals surface area contributed by atoms with E-state index in [1.54, 1.807) is 32.4 Å². The van der Waals surface area contributed by atoms with Crippen molar-refractivity contribution in [2.45, 2.75) is 26.4 Å². The Kier molecular flexibility index (Phi) is 6.07. The van der Waals surface area contributed by atoms with Gasteiger partial charge in [0.15, 0.2) is 11.5 Å².